The van der Waals surface area contributed by atoms with Crippen molar-refractivity contribution >= 4 is 0 Å². The Morgan fingerprint density at radius 1 is 1.00 bits per heavy atom. The number of nitrogens with one attached hydrogen (secondary N) is 1. The van der Waals surface area contributed by atoms with E-state index >= 15 is 0 Å². The largest absolute Gasteiger partial charge is 0.492 e. The minimum Gasteiger partial charge on any atom is -0.492 e. The van der Waals surface area contributed by atoms with Crippen LogP contribution in [0.3, 0.4) is 0 Å². The summed E-state index contributed by atoms with van der Waals surface area (Å²) in [6, 6.07) is 17.0. The summed E-state index contributed by atoms with van der Waals surface area (Å²) in [5.41, 5.74) is 3.87. The molecule has 0 heterocycles. The molecule has 1 N–H and O–H groups in total. The average Bonchev–Trinajstić information content (AvgIpc) is 2.48. The molecule has 0 saturated carbocycles. The van der Waals surface area contributed by atoms with Crippen molar-refractivity contribution in [2.75, 3.05) is 13.2 Å². The summed E-state index contributed by atoms with van der Waals surface area (Å²) >= 11 is 0. The number of rotatable bonds is 6. The van der Waals surface area contributed by atoms with Gasteiger partial charge in [0.05, 0.1) is 0 Å². The zero-order valence-electron chi connectivity index (χ0n) is 12.5. The van der Waals surface area contributed by atoms with E-state index < -0.39 is 0 Å². The van der Waals surface area contributed by atoms with E-state index in [-0.39, 0.29) is 0 Å². The van der Waals surface area contributed by atoms with Gasteiger partial charge in [0, 0.05) is 12.6 Å². The standard InChI is InChI=1S/C18H23NO/c1-14-9-10-18(13-15(14)2)20-12-11-19-16(3)17-7-5-4-6-8-17/h4-10,13,16,19H,11-12H2,1-3H3/t16-/m0/s1. The molecule has 106 valence electrons. The highest BCUT2D eigenvalue weighted by molar-refractivity contribution is 5.33. The molecule has 0 aliphatic carbocycles. The lowest BCUT2D eigenvalue weighted by atomic mass is 10.1. The van der Waals surface area contributed by atoms with E-state index in [1.807, 2.05) is 12.1 Å². The highest BCUT2D eigenvalue weighted by atomic mass is 16.5. The van der Waals surface area contributed by atoms with Crippen molar-refractivity contribution in [1.29, 1.82) is 0 Å². The van der Waals surface area contributed by atoms with Crippen LogP contribution < -0.4 is 10.1 Å². The summed E-state index contributed by atoms with van der Waals surface area (Å²) in [5.74, 6) is 0.947. The average molecular weight is 269 g/mol. The molecule has 2 nitrogen and oxygen atoms in total. The van der Waals surface area contributed by atoms with Gasteiger partial charge in [0.25, 0.3) is 0 Å². The topological polar surface area (TPSA) is 21.3 Å². The maximum Gasteiger partial charge on any atom is 0.119 e. The summed E-state index contributed by atoms with van der Waals surface area (Å²) in [5, 5.41) is 3.47. The smallest absolute Gasteiger partial charge is 0.119 e. The molecule has 2 aromatic rings. The molecule has 2 aromatic carbocycles. The third kappa shape index (κ3) is 4.10. The van der Waals surface area contributed by atoms with Crippen LogP contribution in [0.15, 0.2) is 48.5 Å². The first kappa shape index (κ1) is 14.6. The molecule has 0 spiro atoms. The zero-order valence-corrected chi connectivity index (χ0v) is 12.5. The van der Waals surface area contributed by atoms with Crippen molar-refractivity contribution in [3.05, 3.63) is 65.2 Å². The first-order valence-electron chi connectivity index (χ1n) is 7.15. The van der Waals surface area contributed by atoms with Gasteiger partial charge in [-0.15, -0.1) is 0 Å². The molecule has 20 heavy (non-hydrogen) atoms. The molecule has 0 aliphatic rings. The van der Waals surface area contributed by atoms with Crippen LogP contribution in [0.25, 0.3) is 0 Å². The minimum atomic E-state index is 0.347. The molecule has 1 atom stereocenters. The second-order valence-electron chi connectivity index (χ2n) is 5.18. The van der Waals surface area contributed by atoms with E-state index in [1.54, 1.807) is 0 Å². The Morgan fingerprint density at radius 2 is 1.75 bits per heavy atom. The molecule has 0 bridgehead atoms. The molecule has 0 fully saturated rings. The second kappa shape index (κ2) is 7.11. The Morgan fingerprint density at radius 3 is 2.45 bits per heavy atom. The number of aryl methyl sites for hydroxylation is 2. The van der Waals surface area contributed by atoms with E-state index in [9.17, 15) is 0 Å². The maximum absolute atomic E-state index is 5.77. The number of benzene rings is 2. The fraction of sp³-hybridized carbons (Fsp3) is 0.333. The molecule has 0 amide bonds. The third-order valence-corrected chi connectivity index (χ3v) is 3.60. The number of ether oxygens (including phenoxy) is 1. The highest BCUT2D eigenvalue weighted by Gasteiger charge is 2.03. The van der Waals surface area contributed by atoms with E-state index in [4.69, 9.17) is 4.74 Å². The van der Waals surface area contributed by atoms with Gasteiger partial charge in [-0.25, -0.2) is 0 Å². The van der Waals surface area contributed by atoms with Crippen LogP contribution in [0.5, 0.6) is 5.75 Å². The normalized spacial score (nSPS) is 12.2. The SMILES string of the molecule is Cc1ccc(OCCN[C@@H](C)c2ccccc2)cc1C. The van der Waals surface area contributed by atoms with E-state index in [2.05, 4.69) is 62.5 Å². The highest BCUT2D eigenvalue weighted by Crippen LogP contribution is 2.16. The van der Waals surface area contributed by atoms with Crippen LogP contribution in [0.2, 0.25) is 0 Å². The van der Waals surface area contributed by atoms with Gasteiger partial charge in [-0.1, -0.05) is 36.4 Å². The molecule has 0 aromatic heterocycles. The van der Waals surface area contributed by atoms with Crippen LogP contribution in [-0.2, 0) is 0 Å². The Labute approximate surface area is 121 Å². The first-order valence-corrected chi connectivity index (χ1v) is 7.15. The second-order valence-corrected chi connectivity index (χ2v) is 5.18. The van der Waals surface area contributed by atoms with Gasteiger partial charge in [0.15, 0.2) is 0 Å². The molecular weight excluding hydrogens is 246 g/mol. The summed E-state index contributed by atoms with van der Waals surface area (Å²) in [4.78, 5) is 0. The number of hydrogen-bond donors (Lipinski definition) is 1. The predicted molar refractivity (Wildman–Crippen MR) is 84.3 cm³/mol. The van der Waals surface area contributed by atoms with Crippen molar-refractivity contribution in [1.82, 2.24) is 5.32 Å². The van der Waals surface area contributed by atoms with Crippen molar-refractivity contribution in [2.45, 2.75) is 26.8 Å². The predicted octanol–water partition coefficient (Wildman–Crippen LogP) is 4.03. The van der Waals surface area contributed by atoms with Crippen molar-refractivity contribution < 1.29 is 4.74 Å². The van der Waals surface area contributed by atoms with Crippen molar-refractivity contribution in [2.24, 2.45) is 0 Å². The molecular formula is C18H23NO. The summed E-state index contributed by atoms with van der Waals surface area (Å²) in [6.07, 6.45) is 0. The van der Waals surface area contributed by atoms with Gasteiger partial charge in [0.2, 0.25) is 0 Å². The minimum absolute atomic E-state index is 0.347. The fourth-order valence-corrected chi connectivity index (χ4v) is 2.11. The van der Waals surface area contributed by atoms with Crippen LogP contribution >= 0.6 is 0 Å². The van der Waals surface area contributed by atoms with Crippen molar-refractivity contribution in [3.8, 4) is 5.75 Å². The lowest BCUT2D eigenvalue weighted by Gasteiger charge is -2.15. The quantitative estimate of drug-likeness (QED) is 0.799. The van der Waals surface area contributed by atoms with Gasteiger partial charge in [-0.05, 0) is 49.6 Å². The van der Waals surface area contributed by atoms with Gasteiger partial charge >= 0.3 is 0 Å². The van der Waals surface area contributed by atoms with Crippen LogP contribution in [0.1, 0.15) is 29.7 Å². The maximum atomic E-state index is 5.77. The Kier molecular flexibility index (Phi) is 5.19. The molecule has 0 saturated heterocycles. The van der Waals surface area contributed by atoms with E-state index in [0.29, 0.717) is 12.6 Å². The summed E-state index contributed by atoms with van der Waals surface area (Å²) < 4.78 is 5.77. The van der Waals surface area contributed by atoms with Crippen LogP contribution in [-0.4, -0.2) is 13.2 Å². The lowest BCUT2D eigenvalue weighted by Crippen LogP contribution is -2.24. The van der Waals surface area contributed by atoms with Gasteiger partial charge < -0.3 is 10.1 Å². The fourth-order valence-electron chi connectivity index (χ4n) is 2.11. The Bertz CT molecular complexity index is 536. The Hall–Kier alpha value is -1.80. The third-order valence-electron chi connectivity index (χ3n) is 3.60. The zero-order chi connectivity index (χ0) is 14.4. The first-order chi connectivity index (χ1) is 9.66. The Balaban J connectivity index is 1.75. The summed E-state index contributed by atoms with van der Waals surface area (Å²) in [6.45, 7) is 7.91. The molecule has 0 radical (unpaired) electrons. The van der Waals surface area contributed by atoms with Crippen molar-refractivity contribution in [3.63, 3.8) is 0 Å². The van der Waals surface area contributed by atoms with Gasteiger partial charge in [0.1, 0.15) is 12.4 Å². The molecule has 2 rings (SSSR count). The van der Waals surface area contributed by atoms with E-state index in [0.717, 1.165) is 12.3 Å². The van der Waals surface area contributed by atoms with E-state index in [1.165, 1.54) is 16.7 Å². The molecule has 2 heteroatoms. The number of hydrogen-bond acceptors (Lipinski definition) is 2. The van der Waals surface area contributed by atoms with Crippen LogP contribution in [0, 0.1) is 13.8 Å². The van der Waals surface area contributed by atoms with Crippen LogP contribution in [0.4, 0.5) is 0 Å². The monoisotopic (exact) mass is 269 g/mol. The summed E-state index contributed by atoms with van der Waals surface area (Å²) in [7, 11) is 0. The molecule has 0 aliphatic heterocycles. The van der Waals surface area contributed by atoms with Gasteiger partial charge in [-0.3, -0.25) is 0 Å². The lowest BCUT2D eigenvalue weighted by molar-refractivity contribution is 0.307. The van der Waals surface area contributed by atoms with Gasteiger partial charge in [-0.2, -0.15) is 0 Å². The molecule has 0 unspecified atom stereocenters.